The van der Waals surface area contributed by atoms with E-state index in [9.17, 15) is 4.79 Å². The summed E-state index contributed by atoms with van der Waals surface area (Å²) in [6.07, 6.45) is 1.37. The van der Waals surface area contributed by atoms with Crippen molar-refractivity contribution in [1.29, 1.82) is 0 Å². The first kappa shape index (κ1) is 10.4. The van der Waals surface area contributed by atoms with Crippen LogP contribution in [-0.4, -0.2) is 18.4 Å². The van der Waals surface area contributed by atoms with Crippen molar-refractivity contribution < 1.29 is 14.3 Å². The fraction of sp³-hybridized carbons (Fsp3) is 0.900. The Kier molecular flexibility index (Phi) is 2.55. The quantitative estimate of drug-likeness (QED) is 0.622. The minimum atomic E-state index is -0.532. The van der Waals surface area contributed by atoms with Gasteiger partial charge in [-0.1, -0.05) is 20.8 Å². The molecule has 1 saturated carbocycles. The van der Waals surface area contributed by atoms with E-state index in [2.05, 4.69) is 20.8 Å². The zero-order valence-electron chi connectivity index (χ0n) is 8.85. The van der Waals surface area contributed by atoms with Crippen LogP contribution >= 0.6 is 0 Å². The van der Waals surface area contributed by atoms with Crippen LogP contribution in [0.15, 0.2) is 0 Å². The van der Waals surface area contributed by atoms with Crippen LogP contribution in [0.25, 0.3) is 0 Å². The Labute approximate surface area is 79.4 Å². The van der Waals surface area contributed by atoms with E-state index < -0.39 is 6.16 Å². The standard InChI is InChI=1S/C10H18O3/c1-5-12-8(11)13-10(6-7-10)9(2,3)4/h5-7H2,1-4H3. The van der Waals surface area contributed by atoms with Crippen LogP contribution in [0.3, 0.4) is 0 Å². The van der Waals surface area contributed by atoms with E-state index in [1.807, 2.05) is 0 Å². The van der Waals surface area contributed by atoms with Crippen LogP contribution in [0.5, 0.6) is 0 Å². The van der Waals surface area contributed by atoms with Gasteiger partial charge >= 0.3 is 6.16 Å². The number of ether oxygens (including phenoxy) is 2. The lowest BCUT2D eigenvalue weighted by atomic mass is 9.87. The number of rotatable bonds is 2. The number of hydrogen-bond donors (Lipinski definition) is 0. The molecule has 0 atom stereocenters. The number of hydrogen-bond acceptors (Lipinski definition) is 3. The SMILES string of the molecule is CCOC(=O)OC1(C(C)(C)C)CC1. The molecule has 3 nitrogen and oxygen atoms in total. The molecule has 1 aliphatic rings. The van der Waals surface area contributed by atoms with Crippen LogP contribution in [0, 0.1) is 5.41 Å². The van der Waals surface area contributed by atoms with E-state index in [0.717, 1.165) is 12.8 Å². The maximum absolute atomic E-state index is 11.1. The molecule has 0 aromatic rings. The summed E-state index contributed by atoms with van der Waals surface area (Å²) in [6.45, 7) is 8.40. The van der Waals surface area contributed by atoms with Crippen molar-refractivity contribution in [3.05, 3.63) is 0 Å². The zero-order chi connectivity index (χ0) is 10.1. The third-order valence-electron chi connectivity index (χ3n) is 2.61. The van der Waals surface area contributed by atoms with Gasteiger partial charge in [-0.05, 0) is 19.8 Å². The maximum atomic E-state index is 11.1. The first-order chi connectivity index (χ1) is 5.91. The molecule has 1 rings (SSSR count). The summed E-state index contributed by atoms with van der Waals surface area (Å²) < 4.78 is 10.0. The molecule has 0 aromatic heterocycles. The molecule has 0 unspecified atom stereocenters. The van der Waals surface area contributed by atoms with Crippen LogP contribution in [-0.2, 0) is 9.47 Å². The van der Waals surface area contributed by atoms with E-state index in [4.69, 9.17) is 9.47 Å². The predicted octanol–water partition coefficient (Wildman–Crippen LogP) is 2.74. The second-order valence-corrected chi connectivity index (χ2v) is 4.53. The van der Waals surface area contributed by atoms with Crippen molar-refractivity contribution in [2.24, 2.45) is 5.41 Å². The van der Waals surface area contributed by atoms with Crippen molar-refractivity contribution in [3.63, 3.8) is 0 Å². The molecule has 1 aliphatic carbocycles. The molecule has 76 valence electrons. The average molecular weight is 186 g/mol. The van der Waals surface area contributed by atoms with Crippen molar-refractivity contribution in [3.8, 4) is 0 Å². The molecule has 3 heteroatoms. The second-order valence-electron chi connectivity index (χ2n) is 4.53. The van der Waals surface area contributed by atoms with Crippen LogP contribution in [0.4, 0.5) is 4.79 Å². The molecule has 0 heterocycles. The van der Waals surface area contributed by atoms with Crippen molar-refractivity contribution >= 4 is 6.16 Å². The van der Waals surface area contributed by atoms with Gasteiger partial charge in [-0.3, -0.25) is 0 Å². The highest BCUT2D eigenvalue weighted by Gasteiger charge is 2.56. The minimum Gasteiger partial charge on any atom is -0.435 e. The second kappa shape index (κ2) is 3.20. The average Bonchev–Trinajstić information content (AvgIpc) is 2.67. The molecule has 1 fully saturated rings. The van der Waals surface area contributed by atoms with Crippen molar-refractivity contribution in [2.45, 2.75) is 46.1 Å². The molecule has 0 N–H and O–H groups in total. The van der Waals surface area contributed by atoms with Crippen LogP contribution in [0.2, 0.25) is 0 Å². The first-order valence-electron chi connectivity index (χ1n) is 4.77. The molecular weight excluding hydrogens is 168 g/mol. The Balaban J connectivity index is 2.49. The molecule has 0 aliphatic heterocycles. The largest absolute Gasteiger partial charge is 0.508 e. The highest BCUT2D eigenvalue weighted by molar-refractivity contribution is 5.61. The van der Waals surface area contributed by atoms with Gasteiger partial charge in [-0.15, -0.1) is 0 Å². The summed E-state index contributed by atoms with van der Waals surface area (Å²) in [5.41, 5.74) is -0.251. The summed E-state index contributed by atoms with van der Waals surface area (Å²) in [7, 11) is 0. The topological polar surface area (TPSA) is 35.5 Å². The lowest BCUT2D eigenvalue weighted by Crippen LogP contribution is -2.34. The van der Waals surface area contributed by atoms with Crippen molar-refractivity contribution in [2.75, 3.05) is 6.61 Å². The normalized spacial score (nSPS) is 19.4. The molecule has 0 amide bonds. The van der Waals surface area contributed by atoms with E-state index in [0.29, 0.717) is 6.61 Å². The van der Waals surface area contributed by atoms with E-state index >= 15 is 0 Å². The Bertz CT molecular complexity index is 199. The maximum Gasteiger partial charge on any atom is 0.508 e. The summed E-state index contributed by atoms with van der Waals surface area (Å²) in [4.78, 5) is 11.1. The Morgan fingerprint density at radius 1 is 1.38 bits per heavy atom. The van der Waals surface area contributed by atoms with Gasteiger partial charge in [0.25, 0.3) is 0 Å². The predicted molar refractivity (Wildman–Crippen MR) is 49.5 cm³/mol. The van der Waals surface area contributed by atoms with Gasteiger partial charge in [0.1, 0.15) is 5.60 Å². The van der Waals surface area contributed by atoms with E-state index in [1.54, 1.807) is 6.92 Å². The zero-order valence-corrected chi connectivity index (χ0v) is 8.85. The molecule has 0 bridgehead atoms. The highest BCUT2D eigenvalue weighted by atomic mass is 16.7. The molecule has 0 spiro atoms. The fourth-order valence-electron chi connectivity index (χ4n) is 1.43. The number of carbonyl (C=O) groups excluding carboxylic acids is 1. The van der Waals surface area contributed by atoms with Gasteiger partial charge in [0.2, 0.25) is 0 Å². The smallest absolute Gasteiger partial charge is 0.435 e. The first-order valence-corrected chi connectivity index (χ1v) is 4.77. The van der Waals surface area contributed by atoms with Gasteiger partial charge in [0.15, 0.2) is 0 Å². The molecule has 13 heavy (non-hydrogen) atoms. The summed E-state index contributed by atoms with van der Waals surface area (Å²) in [5, 5.41) is 0. The van der Waals surface area contributed by atoms with Gasteiger partial charge in [-0.2, -0.15) is 0 Å². The van der Waals surface area contributed by atoms with Crippen LogP contribution < -0.4 is 0 Å². The van der Waals surface area contributed by atoms with Crippen LogP contribution in [0.1, 0.15) is 40.5 Å². The summed E-state index contributed by atoms with van der Waals surface area (Å²) >= 11 is 0. The Morgan fingerprint density at radius 3 is 2.23 bits per heavy atom. The summed E-state index contributed by atoms with van der Waals surface area (Å²) in [5.74, 6) is 0. The molecule has 0 aromatic carbocycles. The Hall–Kier alpha value is -0.730. The van der Waals surface area contributed by atoms with E-state index in [-0.39, 0.29) is 11.0 Å². The highest BCUT2D eigenvalue weighted by Crippen LogP contribution is 2.52. The lowest BCUT2D eigenvalue weighted by molar-refractivity contribution is -0.0313. The molecular formula is C10H18O3. The van der Waals surface area contributed by atoms with Crippen molar-refractivity contribution in [1.82, 2.24) is 0 Å². The fourth-order valence-corrected chi connectivity index (χ4v) is 1.43. The van der Waals surface area contributed by atoms with E-state index in [1.165, 1.54) is 0 Å². The molecule has 0 radical (unpaired) electrons. The number of carbonyl (C=O) groups is 1. The Morgan fingerprint density at radius 2 is 1.92 bits per heavy atom. The molecule has 0 saturated heterocycles. The lowest BCUT2D eigenvalue weighted by Gasteiger charge is -2.29. The monoisotopic (exact) mass is 186 g/mol. The minimum absolute atomic E-state index is 0.0137. The van der Waals surface area contributed by atoms with Gasteiger partial charge in [0, 0.05) is 5.41 Å². The van der Waals surface area contributed by atoms with Gasteiger partial charge < -0.3 is 9.47 Å². The van der Waals surface area contributed by atoms with Gasteiger partial charge in [-0.25, -0.2) is 4.79 Å². The third kappa shape index (κ3) is 2.14. The third-order valence-corrected chi connectivity index (χ3v) is 2.61. The van der Waals surface area contributed by atoms with Gasteiger partial charge in [0.05, 0.1) is 6.61 Å². The summed E-state index contributed by atoms with van der Waals surface area (Å²) in [6, 6.07) is 0.